The van der Waals surface area contributed by atoms with Crippen molar-refractivity contribution in [3.05, 3.63) is 87.4 Å². The summed E-state index contributed by atoms with van der Waals surface area (Å²) >= 11 is 12.0. The summed E-state index contributed by atoms with van der Waals surface area (Å²) in [5, 5.41) is 7.65. The number of carbonyl (C=O) groups is 2. The van der Waals surface area contributed by atoms with Crippen molar-refractivity contribution in [3.8, 4) is 11.5 Å². The van der Waals surface area contributed by atoms with Crippen LogP contribution in [0, 0.1) is 0 Å². The molecule has 0 saturated carbocycles. The van der Waals surface area contributed by atoms with Crippen LogP contribution >= 0.6 is 23.2 Å². The molecule has 2 N–H and O–H groups in total. The Hall–Kier alpha value is -3.55. The zero-order chi connectivity index (χ0) is 24.0. The Bertz CT molecular complexity index is 1210. The quantitative estimate of drug-likeness (QED) is 0.345. The zero-order valence-electron chi connectivity index (χ0n) is 18.1. The van der Waals surface area contributed by atoms with Gasteiger partial charge in [0.05, 0.1) is 30.5 Å². The van der Waals surface area contributed by atoms with E-state index in [-0.39, 0.29) is 16.8 Å². The fourth-order valence-corrected chi connectivity index (χ4v) is 3.40. The Morgan fingerprint density at radius 1 is 0.818 bits per heavy atom. The second kappa shape index (κ2) is 10.8. The lowest BCUT2D eigenvalue weighted by Crippen LogP contribution is -2.19. The number of hydrazone groups is 1. The zero-order valence-corrected chi connectivity index (χ0v) is 19.6. The van der Waals surface area contributed by atoms with Crippen LogP contribution < -0.4 is 20.2 Å². The highest BCUT2D eigenvalue weighted by Crippen LogP contribution is 2.27. The lowest BCUT2D eigenvalue weighted by molar-refractivity contribution is 0.0953. The van der Waals surface area contributed by atoms with E-state index in [1.165, 1.54) is 20.3 Å². The minimum absolute atomic E-state index is 0.268. The van der Waals surface area contributed by atoms with Gasteiger partial charge in [-0.3, -0.25) is 9.59 Å². The molecule has 0 atom stereocenters. The van der Waals surface area contributed by atoms with E-state index in [4.69, 9.17) is 32.7 Å². The number of nitrogens with one attached hydrogen (secondary N) is 2. The molecule has 3 aromatic rings. The maximum Gasteiger partial charge on any atom is 0.271 e. The van der Waals surface area contributed by atoms with E-state index in [9.17, 15) is 9.59 Å². The predicted molar refractivity (Wildman–Crippen MR) is 130 cm³/mol. The number of nitrogens with zero attached hydrogens (tertiary/aromatic N) is 1. The highest BCUT2D eigenvalue weighted by Gasteiger charge is 2.12. The Morgan fingerprint density at radius 2 is 1.48 bits per heavy atom. The molecule has 0 aliphatic rings. The molecular formula is C24H21Cl2N3O4. The van der Waals surface area contributed by atoms with Crippen LogP contribution in [0.1, 0.15) is 33.2 Å². The van der Waals surface area contributed by atoms with Crippen LogP contribution in [0.5, 0.6) is 11.5 Å². The Labute approximate surface area is 201 Å². The molecule has 0 saturated heterocycles. The normalized spacial score (nSPS) is 11.0. The van der Waals surface area contributed by atoms with Gasteiger partial charge >= 0.3 is 0 Å². The first-order valence-corrected chi connectivity index (χ1v) is 10.5. The molecule has 0 bridgehead atoms. The van der Waals surface area contributed by atoms with Crippen molar-refractivity contribution in [1.82, 2.24) is 5.43 Å². The van der Waals surface area contributed by atoms with Gasteiger partial charge in [0, 0.05) is 16.3 Å². The fraction of sp³-hybridized carbons (Fsp3) is 0.125. The van der Waals surface area contributed by atoms with Crippen LogP contribution in [-0.4, -0.2) is 31.7 Å². The number of hydrogen-bond donors (Lipinski definition) is 2. The maximum absolute atomic E-state index is 12.4. The molecule has 0 aliphatic carbocycles. The number of methoxy groups -OCH3 is 2. The Balaban J connectivity index is 1.65. The predicted octanol–water partition coefficient (Wildman–Crippen LogP) is 5.42. The maximum atomic E-state index is 12.4. The molecule has 3 aromatic carbocycles. The average Bonchev–Trinajstić information content (AvgIpc) is 2.82. The Kier molecular flexibility index (Phi) is 7.92. The molecule has 33 heavy (non-hydrogen) atoms. The molecule has 0 unspecified atom stereocenters. The second-order valence-electron chi connectivity index (χ2n) is 6.86. The van der Waals surface area contributed by atoms with Crippen LogP contribution in [-0.2, 0) is 0 Å². The van der Waals surface area contributed by atoms with Crippen LogP contribution in [0.3, 0.4) is 0 Å². The summed E-state index contributed by atoms with van der Waals surface area (Å²) in [5.41, 5.74) is 5.16. The van der Waals surface area contributed by atoms with Crippen molar-refractivity contribution in [3.63, 3.8) is 0 Å². The fourth-order valence-electron chi connectivity index (χ4n) is 2.91. The van der Waals surface area contributed by atoms with E-state index >= 15 is 0 Å². The molecule has 9 heteroatoms. The van der Waals surface area contributed by atoms with Crippen molar-refractivity contribution in [2.75, 3.05) is 19.5 Å². The van der Waals surface area contributed by atoms with Gasteiger partial charge in [0.1, 0.15) is 0 Å². The molecule has 0 spiro atoms. The smallest absolute Gasteiger partial charge is 0.271 e. The third-order valence-electron chi connectivity index (χ3n) is 4.71. The molecule has 0 heterocycles. The lowest BCUT2D eigenvalue weighted by Gasteiger charge is -2.09. The summed E-state index contributed by atoms with van der Waals surface area (Å²) in [4.78, 5) is 24.9. The highest BCUT2D eigenvalue weighted by atomic mass is 35.5. The summed E-state index contributed by atoms with van der Waals surface area (Å²) < 4.78 is 10.4. The van der Waals surface area contributed by atoms with Crippen molar-refractivity contribution in [2.24, 2.45) is 5.10 Å². The summed E-state index contributed by atoms with van der Waals surface area (Å²) in [6.45, 7) is 1.76. The van der Waals surface area contributed by atoms with Crippen LogP contribution in [0.25, 0.3) is 0 Å². The van der Waals surface area contributed by atoms with Crippen LogP contribution in [0.4, 0.5) is 5.69 Å². The van der Waals surface area contributed by atoms with Gasteiger partial charge in [-0.15, -0.1) is 0 Å². The van der Waals surface area contributed by atoms with Gasteiger partial charge in [-0.05, 0) is 61.0 Å². The largest absolute Gasteiger partial charge is 0.493 e. The number of anilines is 1. The monoisotopic (exact) mass is 485 g/mol. The number of amides is 2. The van der Waals surface area contributed by atoms with Crippen molar-refractivity contribution in [2.45, 2.75) is 6.92 Å². The summed E-state index contributed by atoms with van der Waals surface area (Å²) in [6.07, 6.45) is 0. The second-order valence-corrected chi connectivity index (χ2v) is 7.71. The molecule has 7 nitrogen and oxygen atoms in total. The van der Waals surface area contributed by atoms with Crippen LogP contribution in [0.2, 0.25) is 10.0 Å². The summed E-state index contributed by atoms with van der Waals surface area (Å²) in [5.74, 6) is 0.235. The minimum Gasteiger partial charge on any atom is -0.493 e. The van der Waals surface area contributed by atoms with Gasteiger partial charge in [0.2, 0.25) is 0 Å². The number of halogens is 2. The number of benzene rings is 3. The molecule has 2 amide bonds. The Morgan fingerprint density at radius 3 is 2.12 bits per heavy atom. The first-order chi connectivity index (χ1) is 15.8. The number of hydrogen-bond acceptors (Lipinski definition) is 5. The van der Waals surface area contributed by atoms with Gasteiger partial charge in [0.15, 0.2) is 11.5 Å². The highest BCUT2D eigenvalue weighted by molar-refractivity contribution is 6.37. The number of ether oxygens (including phenoxy) is 2. The number of rotatable bonds is 7. The van der Waals surface area contributed by atoms with Gasteiger partial charge in [0.25, 0.3) is 11.8 Å². The molecule has 0 fully saturated rings. The molecule has 0 aromatic heterocycles. The third-order valence-corrected chi connectivity index (χ3v) is 5.25. The molecular weight excluding hydrogens is 465 g/mol. The lowest BCUT2D eigenvalue weighted by atomic mass is 10.1. The standard InChI is InChI=1S/C24H21Cl2N3O4/c1-14(28-29-23(30)16-6-11-21(32-2)22(12-16)33-3)15-4-8-18(9-5-15)27-24(31)19-10-7-17(25)13-20(19)26/h4-13H,1-3H3,(H,27,31)(H,29,30)/b28-14-. The van der Waals surface area contributed by atoms with Crippen molar-refractivity contribution < 1.29 is 19.1 Å². The molecule has 3 rings (SSSR count). The van der Waals surface area contributed by atoms with Crippen molar-refractivity contribution >= 4 is 46.4 Å². The van der Waals surface area contributed by atoms with E-state index in [0.717, 1.165) is 5.56 Å². The number of carbonyl (C=O) groups excluding carboxylic acids is 2. The van der Waals surface area contributed by atoms with E-state index in [0.29, 0.717) is 39.0 Å². The first-order valence-electron chi connectivity index (χ1n) is 9.76. The van der Waals surface area contributed by atoms with E-state index in [1.54, 1.807) is 61.5 Å². The average molecular weight is 486 g/mol. The third kappa shape index (κ3) is 6.03. The SMILES string of the molecule is COc1ccc(C(=O)N/N=C(/C)c2ccc(NC(=O)c3ccc(Cl)cc3Cl)cc2)cc1OC. The molecule has 170 valence electrons. The van der Waals surface area contributed by atoms with Crippen molar-refractivity contribution in [1.29, 1.82) is 0 Å². The molecule has 0 aliphatic heterocycles. The summed E-state index contributed by atoms with van der Waals surface area (Å²) in [6, 6.07) is 16.5. The van der Waals surface area contributed by atoms with Gasteiger partial charge in [-0.1, -0.05) is 35.3 Å². The van der Waals surface area contributed by atoms with Gasteiger partial charge in [-0.2, -0.15) is 5.10 Å². The van der Waals surface area contributed by atoms with E-state index < -0.39 is 0 Å². The minimum atomic E-state index is -0.390. The van der Waals surface area contributed by atoms with E-state index in [2.05, 4.69) is 15.8 Å². The molecule has 0 radical (unpaired) electrons. The first kappa shape index (κ1) is 24.1. The van der Waals surface area contributed by atoms with Gasteiger partial charge < -0.3 is 14.8 Å². The topological polar surface area (TPSA) is 89.0 Å². The van der Waals surface area contributed by atoms with E-state index in [1.807, 2.05) is 0 Å². The summed E-state index contributed by atoms with van der Waals surface area (Å²) in [7, 11) is 3.02. The van der Waals surface area contributed by atoms with Crippen LogP contribution in [0.15, 0.2) is 65.8 Å². The van der Waals surface area contributed by atoms with Gasteiger partial charge in [-0.25, -0.2) is 5.43 Å².